The number of piperidine rings is 1. The molecule has 0 atom stereocenters. The summed E-state index contributed by atoms with van der Waals surface area (Å²) in [5.41, 5.74) is 1.30. The summed E-state index contributed by atoms with van der Waals surface area (Å²) in [4.78, 5) is 21.5. The molecule has 0 radical (unpaired) electrons. The van der Waals surface area contributed by atoms with E-state index in [1.807, 2.05) is 18.2 Å². The van der Waals surface area contributed by atoms with Crippen LogP contribution in [0.15, 0.2) is 30.3 Å². The smallest absolute Gasteiger partial charge is 0.306 e. The first-order valence-electron chi connectivity index (χ1n) is 6.24. The first-order valence-corrected chi connectivity index (χ1v) is 6.24. The molecule has 0 aliphatic carbocycles. The molecule has 1 aromatic carbocycles. The second kappa shape index (κ2) is 8.26. The highest BCUT2D eigenvalue weighted by Gasteiger charge is 2.24. The van der Waals surface area contributed by atoms with Gasteiger partial charge < -0.3 is 10.2 Å². The minimum Gasteiger partial charge on any atom is -0.483 e. The SMILES string of the molecule is O=C(O)C1CCN(Cc2ccccc2)CC1.O=CO. The van der Waals surface area contributed by atoms with Crippen LogP contribution < -0.4 is 0 Å². The molecule has 0 bridgehead atoms. The summed E-state index contributed by atoms with van der Waals surface area (Å²) in [5, 5.41) is 15.8. The van der Waals surface area contributed by atoms with E-state index in [4.69, 9.17) is 15.0 Å². The Morgan fingerprint density at radius 1 is 1.26 bits per heavy atom. The second-order valence-electron chi connectivity index (χ2n) is 4.48. The molecule has 0 amide bonds. The van der Waals surface area contributed by atoms with Crippen molar-refractivity contribution in [3.8, 4) is 0 Å². The number of hydrogen-bond donors (Lipinski definition) is 2. The lowest BCUT2D eigenvalue weighted by Crippen LogP contribution is -2.35. The summed E-state index contributed by atoms with van der Waals surface area (Å²) in [6, 6.07) is 10.3. The summed E-state index contributed by atoms with van der Waals surface area (Å²) in [7, 11) is 0. The van der Waals surface area contributed by atoms with E-state index < -0.39 is 5.97 Å². The van der Waals surface area contributed by atoms with Gasteiger partial charge in [-0.05, 0) is 31.5 Å². The molecule has 1 saturated heterocycles. The third-order valence-electron chi connectivity index (χ3n) is 3.19. The Kier molecular flexibility index (Phi) is 6.60. The summed E-state index contributed by atoms with van der Waals surface area (Å²) >= 11 is 0. The zero-order valence-electron chi connectivity index (χ0n) is 10.7. The highest BCUT2D eigenvalue weighted by molar-refractivity contribution is 5.70. The van der Waals surface area contributed by atoms with E-state index in [-0.39, 0.29) is 12.4 Å². The number of carboxylic acids is 1. The predicted octanol–water partition coefficient (Wildman–Crippen LogP) is 1.68. The summed E-state index contributed by atoms with van der Waals surface area (Å²) < 4.78 is 0. The number of nitrogens with zero attached hydrogens (tertiary/aromatic N) is 1. The molecule has 0 spiro atoms. The van der Waals surface area contributed by atoms with Gasteiger partial charge in [0.05, 0.1) is 5.92 Å². The minimum absolute atomic E-state index is 0.132. The van der Waals surface area contributed by atoms with Crippen LogP contribution >= 0.6 is 0 Å². The Labute approximate surface area is 112 Å². The summed E-state index contributed by atoms with van der Waals surface area (Å²) in [6.45, 7) is 2.48. The summed E-state index contributed by atoms with van der Waals surface area (Å²) in [5.74, 6) is -0.772. The van der Waals surface area contributed by atoms with E-state index in [2.05, 4.69) is 17.0 Å². The Morgan fingerprint density at radius 2 is 1.79 bits per heavy atom. The van der Waals surface area contributed by atoms with E-state index in [9.17, 15) is 4.79 Å². The third kappa shape index (κ3) is 5.52. The van der Waals surface area contributed by atoms with E-state index >= 15 is 0 Å². The molecule has 5 nitrogen and oxygen atoms in total. The van der Waals surface area contributed by atoms with Gasteiger partial charge in [-0.3, -0.25) is 14.5 Å². The molecule has 104 valence electrons. The van der Waals surface area contributed by atoms with Crippen molar-refractivity contribution in [2.24, 2.45) is 5.92 Å². The van der Waals surface area contributed by atoms with Gasteiger partial charge in [-0.25, -0.2) is 0 Å². The van der Waals surface area contributed by atoms with Gasteiger partial charge in [0.25, 0.3) is 6.47 Å². The topological polar surface area (TPSA) is 77.8 Å². The van der Waals surface area contributed by atoms with Gasteiger partial charge in [0.2, 0.25) is 0 Å². The maximum Gasteiger partial charge on any atom is 0.306 e. The van der Waals surface area contributed by atoms with Crippen molar-refractivity contribution < 1.29 is 19.8 Å². The number of rotatable bonds is 3. The van der Waals surface area contributed by atoms with Gasteiger partial charge in [0, 0.05) is 6.54 Å². The van der Waals surface area contributed by atoms with Crippen molar-refractivity contribution in [1.82, 2.24) is 4.90 Å². The van der Waals surface area contributed by atoms with E-state index in [0.717, 1.165) is 32.5 Å². The molecule has 1 aliphatic heterocycles. The van der Waals surface area contributed by atoms with Crippen LogP contribution in [0.5, 0.6) is 0 Å². The van der Waals surface area contributed by atoms with Crippen LogP contribution in [0.3, 0.4) is 0 Å². The lowest BCUT2D eigenvalue weighted by Gasteiger charge is -2.29. The number of carbonyl (C=O) groups is 2. The number of aliphatic carboxylic acids is 1. The van der Waals surface area contributed by atoms with Gasteiger partial charge in [-0.15, -0.1) is 0 Å². The highest BCUT2D eigenvalue weighted by Crippen LogP contribution is 2.18. The van der Waals surface area contributed by atoms with Crippen LogP contribution in [0.1, 0.15) is 18.4 Å². The van der Waals surface area contributed by atoms with Crippen molar-refractivity contribution in [3.05, 3.63) is 35.9 Å². The molecule has 1 aromatic rings. The van der Waals surface area contributed by atoms with Gasteiger partial charge in [-0.2, -0.15) is 0 Å². The largest absolute Gasteiger partial charge is 0.483 e. The molecule has 2 rings (SSSR count). The van der Waals surface area contributed by atoms with Crippen LogP contribution in [-0.2, 0) is 16.1 Å². The van der Waals surface area contributed by atoms with E-state index in [1.54, 1.807) is 0 Å². The van der Waals surface area contributed by atoms with Gasteiger partial charge >= 0.3 is 5.97 Å². The predicted molar refractivity (Wildman–Crippen MR) is 70.8 cm³/mol. The van der Waals surface area contributed by atoms with Crippen LogP contribution in [0.2, 0.25) is 0 Å². The molecule has 2 N–H and O–H groups in total. The second-order valence-corrected chi connectivity index (χ2v) is 4.48. The fraction of sp³-hybridized carbons (Fsp3) is 0.429. The maximum absolute atomic E-state index is 10.8. The first-order chi connectivity index (χ1) is 9.17. The average molecular weight is 265 g/mol. The zero-order valence-corrected chi connectivity index (χ0v) is 10.7. The Morgan fingerprint density at radius 3 is 2.26 bits per heavy atom. The number of benzene rings is 1. The van der Waals surface area contributed by atoms with Gasteiger partial charge in [0.15, 0.2) is 0 Å². The monoisotopic (exact) mass is 265 g/mol. The number of carboxylic acid groups (broad SMARTS) is 2. The Balaban J connectivity index is 0.000000550. The first kappa shape index (κ1) is 15.2. The molecular weight excluding hydrogens is 246 g/mol. The van der Waals surface area contributed by atoms with Crippen LogP contribution in [-0.4, -0.2) is 40.6 Å². The lowest BCUT2D eigenvalue weighted by atomic mass is 9.97. The summed E-state index contributed by atoms with van der Waals surface area (Å²) in [6.07, 6.45) is 1.56. The molecule has 0 aromatic heterocycles. The number of hydrogen-bond acceptors (Lipinski definition) is 3. The molecule has 5 heteroatoms. The van der Waals surface area contributed by atoms with Gasteiger partial charge in [-0.1, -0.05) is 30.3 Å². The van der Waals surface area contributed by atoms with Crippen LogP contribution in [0, 0.1) is 5.92 Å². The van der Waals surface area contributed by atoms with E-state index in [1.165, 1.54) is 5.56 Å². The zero-order chi connectivity index (χ0) is 14.1. The maximum atomic E-state index is 10.8. The molecule has 1 fully saturated rings. The van der Waals surface area contributed by atoms with Crippen molar-refractivity contribution >= 4 is 12.4 Å². The van der Waals surface area contributed by atoms with Crippen molar-refractivity contribution in [1.29, 1.82) is 0 Å². The molecule has 1 aliphatic rings. The normalized spacial score (nSPS) is 16.2. The van der Waals surface area contributed by atoms with Gasteiger partial charge in [0.1, 0.15) is 0 Å². The fourth-order valence-electron chi connectivity index (χ4n) is 2.18. The van der Waals surface area contributed by atoms with E-state index in [0.29, 0.717) is 0 Å². The van der Waals surface area contributed by atoms with Crippen molar-refractivity contribution in [2.45, 2.75) is 19.4 Å². The standard InChI is InChI=1S/C13H17NO2.CH2O2/c15-13(16)12-6-8-14(9-7-12)10-11-4-2-1-3-5-11;2-1-3/h1-5,12H,6-10H2,(H,15,16);1H,(H,2,3). The minimum atomic E-state index is -0.639. The average Bonchev–Trinajstić information content (AvgIpc) is 2.41. The Bertz CT molecular complexity index is 386. The molecule has 0 unspecified atom stereocenters. The fourth-order valence-corrected chi connectivity index (χ4v) is 2.18. The third-order valence-corrected chi connectivity index (χ3v) is 3.19. The molecule has 19 heavy (non-hydrogen) atoms. The molecule has 0 saturated carbocycles. The van der Waals surface area contributed by atoms with Crippen molar-refractivity contribution in [2.75, 3.05) is 13.1 Å². The van der Waals surface area contributed by atoms with Crippen LogP contribution in [0.4, 0.5) is 0 Å². The Hall–Kier alpha value is -1.88. The molecule has 1 heterocycles. The number of likely N-dealkylation sites (tertiary alicyclic amines) is 1. The highest BCUT2D eigenvalue weighted by atomic mass is 16.4. The molecular formula is C14H19NO4. The quantitative estimate of drug-likeness (QED) is 0.813. The van der Waals surface area contributed by atoms with Crippen LogP contribution in [0.25, 0.3) is 0 Å². The van der Waals surface area contributed by atoms with Crippen molar-refractivity contribution in [3.63, 3.8) is 0 Å². The lowest BCUT2D eigenvalue weighted by molar-refractivity contribution is -0.143.